The number of nitrogens with zero attached hydrogens (tertiary/aromatic N) is 3. The Hall–Kier alpha value is -2.78. The van der Waals surface area contributed by atoms with Gasteiger partial charge in [-0.2, -0.15) is 5.10 Å². The number of hydrogen-bond donors (Lipinski definition) is 2. The minimum Gasteiger partial charge on any atom is -0.374 e. The lowest BCUT2D eigenvalue weighted by molar-refractivity contribution is -0.142. The summed E-state index contributed by atoms with van der Waals surface area (Å²) in [7, 11) is 1.65. The summed E-state index contributed by atoms with van der Waals surface area (Å²) in [6, 6.07) is 8.73. The van der Waals surface area contributed by atoms with Gasteiger partial charge in [0.15, 0.2) is 0 Å². The van der Waals surface area contributed by atoms with E-state index < -0.39 is 22.9 Å². The Kier molecular flexibility index (Phi) is 7.00. The molecule has 1 aromatic carbocycles. The summed E-state index contributed by atoms with van der Waals surface area (Å²) in [4.78, 5) is 39.9. The van der Waals surface area contributed by atoms with Gasteiger partial charge in [-0.1, -0.05) is 37.3 Å². The molecule has 1 fully saturated rings. The number of nitrogens with one attached hydrogen (secondary N) is 1. The van der Waals surface area contributed by atoms with Crippen molar-refractivity contribution in [2.45, 2.75) is 51.8 Å². The van der Waals surface area contributed by atoms with Crippen LogP contribution in [0.25, 0.3) is 0 Å². The molecule has 3 rings (SSSR count). The Morgan fingerprint density at radius 1 is 1.31 bits per heavy atom. The van der Waals surface area contributed by atoms with Crippen molar-refractivity contribution >= 4 is 23.4 Å². The number of rotatable bonds is 7. The number of ether oxygens (including phenoxy) is 1. The molecule has 32 heavy (non-hydrogen) atoms. The lowest BCUT2D eigenvalue weighted by atomic mass is 9.76. The zero-order valence-corrected chi connectivity index (χ0v) is 19.3. The standard InChI is InChI=1S/C23H33N5O4/c1-22(2,24)21(31)25-17(14-32-13-16-8-6-5-7-9-16)20(30)28-11-10-18-23(3,15-28)12-19(29)27(4)26-18/h5-9,17H,10-15,24H2,1-4H3,(H,25,31)/t17-,23?/m0/s1. The van der Waals surface area contributed by atoms with E-state index in [1.165, 1.54) is 5.01 Å². The molecule has 0 radical (unpaired) electrons. The molecule has 3 amide bonds. The van der Waals surface area contributed by atoms with Crippen LogP contribution >= 0.6 is 0 Å². The second-order valence-corrected chi connectivity index (χ2v) is 9.46. The fourth-order valence-electron chi connectivity index (χ4n) is 3.94. The monoisotopic (exact) mass is 443 g/mol. The van der Waals surface area contributed by atoms with E-state index in [9.17, 15) is 14.4 Å². The van der Waals surface area contributed by atoms with E-state index in [1.807, 2.05) is 37.3 Å². The fraction of sp³-hybridized carbons (Fsp3) is 0.565. The molecule has 0 aliphatic carbocycles. The van der Waals surface area contributed by atoms with Gasteiger partial charge in [-0.25, -0.2) is 5.01 Å². The zero-order valence-electron chi connectivity index (χ0n) is 19.3. The van der Waals surface area contributed by atoms with Crippen molar-refractivity contribution in [3.8, 4) is 0 Å². The van der Waals surface area contributed by atoms with Gasteiger partial charge in [0.25, 0.3) is 0 Å². The van der Waals surface area contributed by atoms with Crippen molar-refractivity contribution in [3.63, 3.8) is 0 Å². The average Bonchev–Trinajstić information content (AvgIpc) is 2.73. The number of nitrogens with two attached hydrogens (primary N) is 1. The van der Waals surface area contributed by atoms with Crippen LogP contribution in [-0.4, -0.2) is 71.7 Å². The number of hydrogen-bond acceptors (Lipinski definition) is 6. The maximum absolute atomic E-state index is 13.4. The Balaban J connectivity index is 1.71. The molecule has 0 bridgehead atoms. The van der Waals surface area contributed by atoms with E-state index in [0.29, 0.717) is 32.5 Å². The first-order valence-corrected chi connectivity index (χ1v) is 10.8. The SMILES string of the molecule is CN1N=C2CCN(C(=O)[C@H](COCc3ccccc3)NC(=O)C(C)(C)N)CC2(C)CC1=O. The number of carbonyl (C=O) groups is 3. The summed E-state index contributed by atoms with van der Waals surface area (Å²) in [6.07, 6.45) is 0.872. The van der Waals surface area contributed by atoms with Crippen LogP contribution in [0, 0.1) is 5.41 Å². The van der Waals surface area contributed by atoms with Gasteiger partial charge in [0.2, 0.25) is 17.7 Å². The van der Waals surface area contributed by atoms with Gasteiger partial charge in [0, 0.05) is 44.1 Å². The summed E-state index contributed by atoms with van der Waals surface area (Å²) >= 11 is 0. The molecule has 0 saturated carbocycles. The van der Waals surface area contributed by atoms with Crippen LogP contribution in [0.4, 0.5) is 0 Å². The number of likely N-dealkylation sites (tertiary alicyclic amines) is 1. The van der Waals surface area contributed by atoms with Crippen LogP contribution in [0.2, 0.25) is 0 Å². The summed E-state index contributed by atoms with van der Waals surface area (Å²) in [5, 5.41) is 8.54. The van der Waals surface area contributed by atoms with E-state index in [1.54, 1.807) is 25.8 Å². The number of hydrazone groups is 1. The van der Waals surface area contributed by atoms with Crippen LogP contribution < -0.4 is 11.1 Å². The summed E-state index contributed by atoms with van der Waals surface area (Å²) < 4.78 is 5.78. The van der Waals surface area contributed by atoms with Gasteiger partial charge >= 0.3 is 0 Å². The second kappa shape index (κ2) is 9.38. The molecule has 9 nitrogen and oxygen atoms in total. The molecule has 2 atom stereocenters. The van der Waals surface area contributed by atoms with Crippen LogP contribution in [0.3, 0.4) is 0 Å². The molecule has 0 aromatic heterocycles. The van der Waals surface area contributed by atoms with Crippen LogP contribution in [-0.2, 0) is 25.7 Å². The third-order valence-electron chi connectivity index (χ3n) is 5.92. The third kappa shape index (κ3) is 5.52. The van der Waals surface area contributed by atoms with Crippen molar-refractivity contribution < 1.29 is 19.1 Å². The van der Waals surface area contributed by atoms with Crippen molar-refractivity contribution in [2.24, 2.45) is 16.3 Å². The van der Waals surface area contributed by atoms with Crippen molar-refractivity contribution in [1.82, 2.24) is 15.2 Å². The maximum atomic E-state index is 13.4. The van der Waals surface area contributed by atoms with E-state index in [-0.39, 0.29) is 18.4 Å². The van der Waals surface area contributed by atoms with Gasteiger partial charge in [-0.3, -0.25) is 14.4 Å². The molecule has 1 aromatic rings. The summed E-state index contributed by atoms with van der Waals surface area (Å²) in [5.41, 5.74) is 6.18. The quantitative estimate of drug-likeness (QED) is 0.649. The van der Waals surface area contributed by atoms with Gasteiger partial charge < -0.3 is 20.7 Å². The lowest BCUT2D eigenvalue weighted by Crippen LogP contribution is -2.61. The highest BCUT2D eigenvalue weighted by atomic mass is 16.5. The van der Waals surface area contributed by atoms with Gasteiger partial charge in [-0.05, 0) is 19.4 Å². The van der Waals surface area contributed by atoms with Gasteiger partial charge in [-0.15, -0.1) is 0 Å². The topological polar surface area (TPSA) is 117 Å². The first-order valence-electron chi connectivity index (χ1n) is 10.8. The van der Waals surface area contributed by atoms with E-state index >= 15 is 0 Å². The third-order valence-corrected chi connectivity index (χ3v) is 5.92. The molecule has 0 spiro atoms. The number of piperidine rings is 1. The van der Waals surface area contributed by atoms with E-state index in [0.717, 1.165) is 11.3 Å². The minimum atomic E-state index is -1.13. The Morgan fingerprint density at radius 3 is 2.66 bits per heavy atom. The number of amides is 3. The van der Waals surface area contributed by atoms with Crippen molar-refractivity contribution in [1.29, 1.82) is 0 Å². The summed E-state index contributed by atoms with van der Waals surface area (Å²) in [6.45, 7) is 6.30. The van der Waals surface area contributed by atoms with Crippen LogP contribution in [0.5, 0.6) is 0 Å². The van der Waals surface area contributed by atoms with E-state index in [4.69, 9.17) is 10.5 Å². The second-order valence-electron chi connectivity index (χ2n) is 9.46. The molecule has 1 saturated heterocycles. The summed E-state index contributed by atoms with van der Waals surface area (Å²) in [5.74, 6) is -0.757. The highest BCUT2D eigenvalue weighted by molar-refractivity contribution is 5.99. The molecule has 3 N–H and O–H groups in total. The van der Waals surface area contributed by atoms with Crippen molar-refractivity contribution in [3.05, 3.63) is 35.9 Å². The fourth-order valence-corrected chi connectivity index (χ4v) is 3.94. The Labute approximate surface area is 188 Å². The Bertz CT molecular complexity index is 895. The predicted molar refractivity (Wildman–Crippen MR) is 120 cm³/mol. The smallest absolute Gasteiger partial charge is 0.247 e. The zero-order chi connectivity index (χ0) is 23.5. The molecular weight excluding hydrogens is 410 g/mol. The highest BCUT2D eigenvalue weighted by Crippen LogP contribution is 2.35. The molecule has 2 heterocycles. The maximum Gasteiger partial charge on any atom is 0.247 e. The van der Waals surface area contributed by atoms with Crippen molar-refractivity contribution in [2.75, 3.05) is 26.7 Å². The average molecular weight is 444 g/mol. The first-order chi connectivity index (χ1) is 15.0. The lowest BCUT2D eigenvalue weighted by Gasteiger charge is -2.44. The highest BCUT2D eigenvalue weighted by Gasteiger charge is 2.44. The molecule has 2 aliphatic heterocycles. The normalized spacial score (nSPS) is 22.2. The predicted octanol–water partition coefficient (Wildman–Crippen LogP) is 0.882. The number of carbonyl (C=O) groups excluding carboxylic acids is 3. The first kappa shape index (κ1) is 23.9. The molecule has 2 aliphatic rings. The van der Waals surface area contributed by atoms with Gasteiger partial charge in [0.1, 0.15) is 6.04 Å². The molecule has 9 heteroatoms. The Morgan fingerprint density at radius 2 is 2.00 bits per heavy atom. The largest absolute Gasteiger partial charge is 0.374 e. The van der Waals surface area contributed by atoms with Gasteiger partial charge in [0.05, 0.1) is 18.8 Å². The van der Waals surface area contributed by atoms with E-state index in [2.05, 4.69) is 10.4 Å². The number of fused-ring (bicyclic) bond motifs is 1. The molecule has 1 unspecified atom stereocenters. The van der Waals surface area contributed by atoms with Crippen LogP contribution in [0.1, 0.15) is 39.2 Å². The molecular formula is C23H33N5O4. The van der Waals surface area contributed by atoms with Crippen LogP contribution in [0.15, 0.2) is 35.4 Å². The number of benzene rings is 1. The molecule has 174 valence electrons. The minimum absolute atomic E-state index is 0.0192.